The van der Waals surface area contributed by atoms with E-state index in [4.69, 9.17) is 0 Å². The molecule has 0 aliphatic carbocycles. The number of anilines is 1. The van der Waals surface area contributed by atoms with E-state index in [2.05, 4.69) is 25.0 Å². The summed E-state index contributed by atoms with van der Waals surface area (Å²) >= 11 is 0. The summed E-state index contributed by atoms with van der Waals surface area (Å²) in [5.74, 6) is -0.514. The van der Waals surface area contributed by atoms with E-state index < -0.39 is 5.76 Å². The van der Waals surface area contributed by atoms with Gasteiger partial charge in [-0.2, -0.15) is 0 Å². The standard InChI is InChI=1S/C15H12N4O3/c1-9-2-3-11(8-16-9)14(20)17-12-6-4-10(5-7-12)13-18-15(21)22-19-13/h2-8H,1H3,(H,17,20)(H,18,19,21). The molecule has 1 amide bonds. The van der Waals surface area contributed by atoms with Crippen molar-refractivity contribution in [1.82, 2.24) is 15.1 Å². The molecule has 0 saturated heterocycles. The summed E-state index contributed by atoms with van der Waals surface area (Å²) in [6.07, 6.45) is 1.53. The Morgan fingerprint density at radius 3 is 2.55 bits per heavy atom. The lowest BCUT2D eigenvalue weighted by Crippen LogP contribution is -2.12. The van der Waals surface area contributed by atoms with Gasteiger partial charge in [-0.05, 0) is 43.3 Å². The van der Waals surface area contributed by atoms with Crippen molar-refractivity contribution in [2.75, 3.05) is 5.32 Å². The predicted molar refractivity (Wildman–Crippen MR) is 79.5 cm³/mol. The number of nitrogens with one attached hydrogen (secondary N) is 2. The molecule has 7 heteroatoms. The number of H-pyrrole nitrogens is 1. The van der Waals surface area contributed by atoms with Gasteiger partial charge < -0.3 is 5.32 Å². The van der Waals surface area contributed by atoms with Crippen LogP contribution in [0.25, 0.3) is 11.4 Å². The first-order chi connectivity index (χ1) is 10.6. The molecular weight excluding hydrogens is 284 g/mol. The number of hydrogen-bond donors (Lipinski definition) is 2. The highest BCUT2D eigenvalue weighted by atomic mass is 16.5. The normalized spacial score (nSPS) is 10.4. The summed E-state index contributed by atoms with van der Waals surface area (Å²) in [4.78, 5) is 29.5. The van der Waals surface area contributed by atoms with Crippen LogP contribution in [-0.4, -0.2) is 21.0 Å². The van der Waals surface area contributed by atoms with E-state index >= 15 is 0 Å². The van der Waals surface area contributed by atoms with Gasteiger partial charge >= 0.3 is 5.76 Å². The van der Waals surface area contributed by atoms with Crippen molar-refractivity contribution in [2.24, 2.45) is 0 Å². The average Bonchev–Trinajstić information content (AvgIpc) is 2.95. The highest BCUT2D eigenvalue weighted by molar-refractivity contribution is 6.04. The van der Waals surface area contributed by atoms with Crippen LogP contribution in [0.2, 0.25) is 0 Å². The van der Waals surface area contributed by atoms with Gasteiger partial charge in [0.05, 0.1) is 5.56 Å². The minimum atomic E-state index is -0.612. The number of carbonyl (C=O) groups excluding carboxylic acids is 1. The predicted octanol–water partition coefficient (Wildman–Crippen LogP) is 1.99. The molecule has 0 radical (unpaired) electrons. The fourth-order valence-corrected chi connectivity index (χ4v) is 1.87. The monoisotopic (exact) mass is 296 g/mol. The molecule has 3 aromatic rings. The molecule has 0 atom stereocenters. The van der Waals surface area contributed by atoms with Crippen LogP contribution in [-0.2, 0) is 0 Å². The van der Waals surface area contributed by atoms with Crippen molar-refractivity contribution in [3.05, 3.63) is 64.4 Å². The van der Waals surface area contributed by atoms with E-state index in [9.17, 15) is 9.59 Å². The largest absolute Gasteiger partial charge is 0.439 e. The Morgan fingerprint density at radius 2 is 1.95 bits per heavy atom. The van der Waals surface area contributed by atoms with E-state index in [0.717, 1.165) is 5.69 Å². The van der Waals surface area contributed by atoms with Gasteiger partial charge in [0.25, 0.3) is 5.91 Å². The van der Waals surface area contributed by atoms with Gasteiger partial charge in [0.2, 0.25) is 0 Å². The van der Waals surface area contributed by atoms with Gasteiger partial charge in [0.1, 0.15) is 0 Å². The first-order valence-electron chi connectivity index (χ1n) is 6.52. The maximum absolute atomic E-state index is 12.1. The Hall–Kier alpha value is -3.22. The molecule has 2 aromatic heterocycles. The molecule has 0 unspecified atom stereocenters. The highest BCUT2D eigenvalue weighted by Gasteiger charge is 2.08. The molecule has 0 spiro atoms. The van der Waals surface area contributed by atoms with Crippen LogP contribution >= 0.6 is 0 Å². The number of carbonyl (C=O) groups is 1. The number of nitrogens with zero attached hydrogens (tertiary/aromatic N) is 2. The van der Waals surface area contributed by atoms with Gasteiger partial charge in [-0.3, -0.25) is 19.3 Å². The third-order valence-corrected chi connectivity index (χ3v) is 3.03. The van der Waals surface area contributed by atoms with Gasteiger partial charge in [0.15, 0.2) is 5.82 Å². The van der Waals surface area contributed by atoms with Gasteiger partial charge in [-0.25, -0.2) is 4.79 Å². The van der Waals surface area contributed by atoms with Gasteiger partial charge in [-0.15, -0.1) is 0 Å². The second-order valence-electron chi connectivity index (χ2n) is 4.66. The lowest BCUT2D eigenvalue weighted by molar-refractivity contribution is 0.102. The molecule has 0 aliphatic heterocycles. The first-order valence-corrected chi connectivity index (χ1v) is 6.52. The summed E-state index contributed by atoms with van der Waals surface area (Å²) in [6.45, 7) is 1.86. The van der Waals surface area contributed by atoms with Gasteiger partial charge in [0, 0.05) is 23.1 Å². The number of benzene rings is 1. The molecule has 0 fully saturated rings. The zero-order chi connectivity index (χ0) is 15.5. The van der Waals surface area contributed by atoms with Crippen LogP contribution in [0.4, 0.5) is 5.69 Å². The third-order valence-electron chi connectivity index (χ3n) is 3.03. The minimum absolute atomic E-state index is 0.241. The number of pyridine rings is 1. The van der Waals surface area contributed by atoms with Crippen molar-refractivity contribution < 1.29 is 9.32 Å². The van der Waals surface area contributed by atoms with Crippen LogP contribution in [0.15, 0.2) is 51.9 Å². The average molecular weight is 296 g/mol. The van der Waals surface area contributed by atoms with Crippen LogP contribution in [0.1, 0.15) is 16.1 Å². The lowest BCUT2D eigenvalue weighted by Gasteiger charge is -2.05. The van der Waals surface area contributed by atoms with Crippen LogP contribution in [0, 0.1) is 6.92 Å². The third kappa shape index (κ3) is 2.93. The topological polar surface area (TPSA) is 101 Å². The lowest BCUT2D eigenvalue weighted by atomic mass is 10.2. The number of hydrogen-bond acceptors (Lipinski definition) is 5. The molecule has 22 heavy (non-hydrogen) atoms. The number of amides is 1. The fraction of sp³-hybridized carbons (Fsp3) is 0.0667. The van der Waals surface area contributed by atoms with Crippen LogP contribution < -0.4 is 11.1 Å². The molecule has 2 heterocycles. The van der Waals surface area contributed by atoms with E-state index in [-0.39, 0.29) is 5.91 Å². The molecule has 0 saturated carbocycles. The Bertz CT molecular complexity index is 847. The Labute approximate surface area is 125 Å². The second kappa shape index (κ2) is 5.65. The van der Waals surface area contributed by atoms with Crippen LogP contribution in [0.5, 0.6) is 0 Å². The molecule has 0 bridgehead atoms. The Kier molecular flexibility index (Phi) is 3.53. The van der Waals surface area contributed by atoms with Crippen molar-refractivity contribution in [1.29, 1.82) is 0 Å². The Balaban J connectivity index is 1.74. The molecule has 3 rings (SSSR count). The van der Waals surface area contributed by atoms with E-state index in [1.165, 1.54) is 6.20 Å². The molecule has 7 nitrogen and oxygen atoms in total. The van der Waals surface area contributed by atoms with Crippen molar-refractivity contribution in [2.45, 2.75) is 6.92 Å². The van der Waals surface area contributed by atoms with E-state index in [0.29, 0.717) is 22.6 Å². The zero-order valence-corrected chi connectivity index (χ0v) is 11.7. The smallest absolute Gasteiger partial charge is 0.322 e. The number of aromatic amines is 1. The van der Waals surface area contributed by atoms with Crippen molar-refractivity contribution >= 4 is 11.6 Å². The quantitative estimate of drug-likeness (QED) is 0.769. The SMILES string of the molecule is Cc1ccc(C(=O)Nc2ccc(-c3noc(=O)[nH]3)cc2)cn1. The summed E-state index contributed by atoms with van der Waals surface area (Å²) < 4.78 is 4.44. The first kappa shape index (κ1) is 13.7. The zero-order valence-electron chi connectivity index (χ0n) is 11.7. The number of rotatable bonds is 3. The number of aryl methyl sites for hydroxylation is 1. The highest BCUT2D eigenvalue weighted by Crippen LogP contribution is 2.17. The molecule has 1 aromatic carbocycles. The summed E-state index contributed by atoms with van der Waals surface area (Å²) in [5, 5.41) is 6.36. The molecule has 0 aliphatic rings. The molecular formula is C15H12N4O3. The second-order valence-corrected chi connectivity index (χ2v) is 4.66. The summed E-state index contributed by atoms with van der Waals surface area (Å²) in [5.41, 5.74) is 2.64. The summed E-state index contributed by atoms with van der Waals surface area (Å²) in [6, 6.07) is 10.3. The maximum atomic E-state index is 12.1. The Morgan fingerprint density at radius 1 is 1.18 bits per heavy atom. The number of aromatic nitrogens is 3. The van der Waals surface area contributed by atoms with E-state index in [1.807, 2.05) is 6.92 Å². The molecule has 2 N–H and O–H groups in total. The fourth-order valence-electron chi connectivity index (χ4n) is 1.87. The summed E-state index contributed by atoms with van der Waals surface area (Å²) in [7, 11) is 0. The molecule has 110 valence electrons. The maximum Gasteiger partial charge on any atom is 0.439 e. The van der Waals surface area contributed by atoms with Crippen molar-refractivity contribution in [3.8, 4) is 11.4 Å². The van der Waals surface area contributed by atoms with Gasteiger partial charge in [-0.1, -0.05) is 5.16 Å². The van der Waals surface area contributed by atoms with Crippen molar-refractivity contribution in [3.63, 3.8) is 0 Å². The van der Waals surface area contributed by atoms with E-state index in [1.54, 1.807) is 36.4 Å². The minimum Gasteiger partial charge on any atom is -0.322 e. The van der Waals surface area contributed by atoms with Crippen LogP contribution in [0.3, 0.4) is 0 Å².